The normalized spacial score (nSPS) is 19.6. The number of pyridine rings is 1. The van der Waals surface area contributed by atoms with Crippen LogP contribution in [0.2, 0.25) is 0 Å². The zero-order chi connectivity index (χ0) is 19.1. The van der Waals surface area contributed by atoms with Gasteiger partial charge in [0.05, 0.1) is 28.3 Å². The summed E-state index contributed by atoms with van der Waals surface area (Å²) in [5, 5.41) is 4.21. The number of H-pyrrole nitrogens is 1. The van der Waals surface area contributed by atoms with Crippen LogP contribution in [0.5, 0.6) is 0 Å². The molecule has 0 saturated heterocycles. The van der Waals surface area contributed by atoms with E-state index >= 15 is 0 Å². The third-order valence-electron chi connectivity index (χ3n) is 5.57. The van der Waals surface area contributed by atoms with Crippen molar-refractivity contribution in [1.82, 2.24) is 20.3 Å². The Morgan fingerprint density at radius 2 is 1.86 bits per heavy atom. The number of nitrogens with one attached hydrogen (secondary N) is 2. The first-order valence-corrected chi connectivity index (χ1v) is 9.77. The molecular weight excluding hydrogens is 348 g/mol. The Balaban J connectivity index is 1.21. The largest absolute Gasteiger partial charge is 0.348 e. The fraction of sp³-hybridized carbons (Fsp3) is 0.261. The van der Waals surface area contributed by atoms with Gasteiger partial charge in [-0.3, -0.25) is 9.78 Å². The van der Waals surface area contributed by atoms with Gasteiger partial charge >= 0.3 is 0 Å². The van der Waals surface area contributed by atoms with Gasteiger partial charge in [-0.15, -0.1) is 0 Å². The summed E-state index contributed by atoms with van der Waals surface area (Å²) < 4.78 is 0. The van der Waals surface area contributed by atoms with Crippen molar-refractivity contribution in [1.29, 1.82) is 0 Å². The van der Waals surface area contributed by atoms with Gasteiger partial charge in [-0.05, 0) is 43.5 Å². The molecule has 0 spiro atoms. The Labute approximate surface area is 163 Å². The summed E-state index contributed by atoms with van der Waals surface area (Å²) in [6.07, 6.45) is 1.54. The standard InChI is InChI=1S/C23H22N4O/c1-14(18-11-10-15-6-2-3-7-19(15)25-18)24-22(28)13-16-12-17(16)23-26-20-8-4-5-9-21(20)27-23/h2-11,14,16-17H,12-13H2,1H3,(H,24,28)(H,26,27)/t14-,16+,17+/m1/s1. The van der Waals surface area contributed by atoms with E-state index in [1.54, 1.807) is 0 Å². The Kier molecular flexibility index (Phi) is 4.08. The van der Waals surface area contributed by atoms with E-state index in [0.29, 0.717) is 18.3 Å². The molecule has 28 heavy (non-hydrogen) atoms. The molecule has 5 heteroatoms. The van der Waals surface area contributed by atoms with Crippen molar-refractivity contribution < 1.29 is 4.79 Å². The second kappa shape index (κ2) is 6.75. The number of carbonyl (C=O) groups is 1. The van der Waals surface area contributed by atoms with Crippen LogP contribution in [-0.4, -0.2) is 20.9 Å². The number of fused-ring (bicyclic) bond motifs is 2. The van der Waals surface area contributed by atoms with E-state index in [2.05, 4.69) is 26.3 Å². The van der Waals surface area contributed by atoms with Crippen LogP contribution in [0.15, 0.2) is 60.7 Å². The average Bonchev–Trinajstić information content (AvgIpc) is 3.33. The van der Waals surface area contributed by atoms with Crippen LogP contribution >= 0.6 is 0 Å². The van der Waals surface area contributed by atoms with Gasteiger partial charge in [0, 0.05) is 17.7 Å². The molecule has 1 fully saturated rings. The molecule has 2 aromatic heterocycles. The Bertz CT molecular complexity index is 1130. The SMILES string of the molecule is C[C@@H](NC(=O)C[C@@H]1C[C@@H]1c1nc2ccccc2[nH]1)c1ccc2ccccc2n1. The quantitative estimate of drug-likeness (QED) is 0.544. The first kappa shape index (κ1) is 16.9. The lowest BCUT2D eigenvalue weighted by Crippen LogP contribution is -2.27. The highest BCUT2D eigenvalue weighted by Crippen LogP contribution is 2.48. The smallest absolute Gasteiger partial charge is 0.220 e. The molecule has 0 radical (unpaired) electrons. The molecule has 0 bridgehead atoms. The van der Waals surface area contributed by atoms with Gasteiger partial charge < -0.3 is 10.3 Å². The zero-order valence-electron chi connectivity index (χ0n) is 15.7. The number of hydrogen-bond acceptors (Lipinski definition) is 3. The Morgan fingerprint density at radius 3 is 2.71 bits per heavy atom. The van der Waals surface area contributed by atoms with Gasteiger partial charge in [0.2, 0.25) is 5.91 Å². The van der Waals surface area contributed by atoms with Crippen molar-refractivity contribution in [2.24, 2.45) is 5.92 Å². The van der Waals surface area contributed by atoms with Crippen molar-refractivity contribution in [3.05, 3.63) is 72.2 Å². The summed E-state index contributed by atoms with van der Waals surface area (Å²) >= 11 is 0. The van der Waals surface area contributed by atoms with Crippen LogP contribution in [0.25, 0.3) is 21.9 Å². The minimum Gasteiger partial charge on any atom is -0.348 e. The van der Waals surface area contributed by atoms with E-state index in [9.17, 15) is 4.79 Å². The van der Waals surface area contributed by atoms with Crippen molar-refractivity contribution >= 4 is 27.8 Å². The minimum atomic E-state index is -0.111. The zero-order valence-corrected chi connectivity index (χ0v) is 15.7. The summed E-state index contributed by atoms with van der Waals surface area (Å²) in [6, 6.07) is 20.0. The predicted molar refractivity (Wildman–Crippen MR) is 110 cm³/mol. The van der Waals surface area contributed by atoms with Gasteiger partial charge in [-0.1, -0.05) is 36.4 Å². The first-order chi connectivity index (χ1) is 13.7. The number of aromatic nitrogens is 3. The molecule has 1 aliphatic carbocycles. The number of benzene rings is 2. The molecule has 2 heterocycles. The molecule has 0 unspecified atom stereocenters. The highest BCUT2D eigenvalue weighted by molar-refractivity contribution is 5.79. The van der Waals surface area contributed by atoms with E-state index in [1.807, 2.05) is 61.5 Å². The number of rotatable bonds is 5. The van der Waals surface area contributed by atoms with Crippen molar-refractivity contribution in [2.45, 2.75) is 31.7 Å². The monoisotopic (exact) mass is 370 g/mol. The van der Waals surface area contributed by atoms with E-state index < -0.39 is 0 Å². The summed E-state index contributed by atoms with van der Waals surface area (Å²) in [5.74, 6) is 1.79. The summed E-state index contributed by atoms with van der Waals surface area (Å²) in [4.78, 5) is 25.3. The number of hydrogen-bond donors (Lipinski definition) is 2. The lowest BCUT2D eigenvalue weighted by molar-refractivity contribution is -0.122. The number of imidazole rings is 1. The molecule has 140 valence electrons. The predicted octanol–water partition coefficient (Wildman–Crippen LogP) is 4.48. The van der Waals surface area contributed by atoms with Gasteiger partial charge in [-0.25, -0.2) is 4.98 Å². The second-order valence-corrected chi connectivity index (χ2v) is 7.66. The van der Waals surface area contributed by atoms with Gasteiger partial charge in [0.25, 0.3) is 0 Å². The van der Waals surface area contributed by atoms with Crippen molar-refractivity contribution in [3.8, 4) is 0 Å². The molecule has 1 aliphatic rings. The topological polar surface area (TPSA) is 70.7 Å². The third-order valence-corrected chi connectivity index (χ3v) is 5.57. The molecule has 5 rings (SSSR count). The third kappa shape index (κ3) is 3.24. The fourth-order valence-corrected chi connectivity index (χ4v) is 3.89. The molecule has 2 aromatic carbocycles. The lowest BCUT2D eigenvalue weighted by atomic mass is 10.1. The number of para-hydroxylation sites is 3. The average molecular weight is 370 g/mol. The Hall–Kier alpha value is -3.21. The van der Waals surface area contributed by atoms with Crippen molar-refractivity contribution in [3.63, 3.8) is 0 Å². The molecule has 2 N–H and O–H groups in total. The van der Waals surface area contributed by atoms with E-state index in [1.165, 1.54) is 0 Å². The fourth-order valence-electron chi connectivity index (χ4n) is 3.89. The number of nitrogens with zero attached hydrogens (tertiary/aromatic N) is 2. The molecule has 1 amide bonds. The molecule has 4 aromatic rings. The van der Waals surface area contributed by atoms with Crippen LogP contribution in [0.1, 0.15) is 43.2 Å². The van der Waals surface area contributed by atoms with E-state index in [0.717, 1.165) is 39.9 Å². The Morgan fingerprint density at radius 1 is 1.07 bits per heavy atom. The van der Waals surface area contributed by atoms with Gasteiger partial charge in [0.1, 0.15) is 5.82 Å². The number of carbonyl (C=O) groups excluding carboxylic acids is 1. The minimum absolute atomic E-state index is 0.0751. The second-order valence-electron chi connectivity index (χ2n) is 7.66. The highest BCUT2D eigenvalue weighted by Gasteiger charge is 2.41. The number of amides is 1. The molecule has 1 saturated carbocycles. The van der Waals surface area contributed by atoms with Gasteiger partial charge in [0.15, 0.2) is 0 Å². The maximum absolute atomic E-state index is 12.5. The number of aromatic amines is 1. The summed E-state index contributed by atoms with van der Waals surface area (Å²) in [5.41, 5.74) is 3.89. The molecular formula is C23H22N4O. The molecule has 5 nitrogen and oxygen atoms in total. The maximum Gasteiger partial charge on any atom is 0.220 e. The summed E-state index contributed by atoms with van der Waals surface area (Å²) in [7, 11) is 0. The van der Waals surface area contributed by atoms with Crippen LogP contribution in [0.4, 0.5) is 0 Å². The maximum atomic E-state index is 12.5. The summed E-state index contributed by atoms with van der Waals surface area (Å²) in [6.45, 7) is 1.98. The van der Waals surface area contributed by atoms with Crippen LogP contribution in [0.3, 0.4) is 0 Å². The van der Waals surface area contributed by atoms with Gasteiger partial charge in [-0.2, -0.15) is 0 Å². The van der Waals surface area contributed by atoms with Crippen molar-refractivity contribution in [2.75, 3.05) is 0 Å². The van der Waals surface area contributed by atoms with Crippen LogP contribution in [0, 0.1) is 5.92 Å². The lowest BCUT2D eigenvalue weighted by Gasteiger charge is -2.14. The highest BCUT2D eigenvalue weighted by atomic mass is 16.1. The first-order valence-electron chi connectivity index (χ1n) is 9.77. The van der Waals surface area contributed by atoms with E-state index in [4.69, 9.17) is 0 Å². The van der Waals surface area contributed by atoms with Crippen LogP contribution < -0.4 is 5.32 Å². The van der Waals surface area contributed by atoms with E-state index in [-0.39, 0.29) is 11.9 Å². The molecule has 3 atom stereocenters. The molecule has 0 aliphatic heterocycles. The van der Waals surface area contributed by atoms with Crippen LogP contribution in [-0.2, 0) is 4.79 Å².